The normalized spacial score (nSPS) is 10.5. The van der Waals surface area contributed by atoms with Gasteiger partial charge in [0.05, 0.1) is 0 Å². The molecule has 0 spiro atoms. The number of primary amides is 1. The average Bonchev–Trinajstić information content (AvgIpc) is 3.21. The summed E-state index contributed by atoms with van der Waals surface area (Å²) in [6.07, 6.45) is 3.19. The topological polar surface area (TPSA) is 159 Å². The van der Waals surface area contributed by atoms with Crippen LogP contribution in [0, 0.1) is 0 Å². The fourth-order valence-electron chi connectivity index (χ4n) is 3.04. The fourth-order valence-corrected chi connectivity index (χ4v) is 3.04. The van der Waals surface area contributed by atoms with Crippen molar-refractivity contribution in [3.05, 3.63) is 59.8 Å². The number of aliphatic carboxylic acids is 1. The van der Waals surface area contributed by atoms with Crippen molar-refractivity contribution in [3.63, 3.8) is 0 Å². The van der Waals surface area contributed by atoms with Gasteiger partial charge in [0.2, 0.25) is 0 Å². The number of urea groups is 1. The predicted molar refractivity (Wildman–Crippen MR) is 123 cm³/mol. The van der Waals surface area contributed by atoms with Gasteiger partial charge in [-0.1, -0.05) is 25.5 Å². The smallest absolute Gasteiger partial charge is 0.341 e. The SMILES string of the molecule is CCCCc1ccc(NC(=O)Nc2nc(-c3ccc(OCC(=O)O)cc3)[nH]c2C(N)=O)cc1. The number of carboxylic acids is 1. The molecule has 6 N–H and O–H groups in total. The van der Waals surface area contributed by atoms with E-state index in [1.807, 2.05) is 24.3 Å². The first-order valence-corrected chi connectivity index (χ1v) is 10.4. The predicted octanol–water partition coefficient (Wildman–Crippen LogP) is 3.63. The number of ether oxygens (including phenoxy) is 1. The lowest BCUT2D eigenvalue weighted by Gasteiger charge is -2.07. The van der Waals surface area contributed by atoms with Gasteiger partial charge in [0.15, 0.2) is 12.4 Å². The number of imidazole rings is 1. The van der Waals surface area contributed by atoms with Gasteiger partial charge in [-0.15, -0.1) is 0 Å². The first-order valence-electron chi connectivity index (χ1n) is 10.4. The number of aromatic amines is 1. The van der Waals surface area contributed by atoms with E-state index in [1.165, 1.54) is 5.56 Å². The van der Waals surface area contributed by atoms with Gasteiger partial charge < -0.3 is 25.9 Å². The van der Waals surface area contributed by atoms with Crippen LogP contribution in [-0.4, -0.2) is 39.6 Å². The maximum atomic E-state index is 12.4. The number of hydrogen-bond donors (Lipinski definition) is 5. The van der Waals surface area contributed by atoms with E-state index in [0.29, 0.717) is 22.8 Å². The molecule has 2 aromatic carbocycles. The monoisotopic (exact) mass is 451 g/mol. The van der Waals surface area contributed by atoms with Crippen LogP contribution >= 0.6 is 0 Å². The van der Waals surface area contributed by atoms with E-state index in [1.54, 1.807) is 24.3 Å². The van der Waals surface area contributed by atoms with Gasteiger partial charge in [-0.3, -0.25) is 10.1 Å². The Balaban J connectivity index is 1.69. The Hall–Kier alpha value is -4.34. The molecule has 3 amide bonds. The molecule has 0 atom stereocenters. The van der Waals surface area contributed by atoms with E-state index in [0.717, 1.165) is 19.3 Å². The van der Waals surface area contributed by atoms with Gasteiger partial charge in [-0.2, -0.15) is 0 Å². The maximum absolute atomic E-state index is 12.4. The molecule has 3 rings (SSSR count). The van der Waals surface area contributed by atoms with Gasteiger partial charge in [0.25, 0.3) is 5.91 Å². The zero-order valence-electron chi connectivity index (χ0n) is 18.1. The second-order valence-electron chi connectivity index (χ2n) is 7.26. The maximum Gasteiger partial charge on any atom is 0.341 e. The van der Waals surface area contributed by atoms with Crippen LogP contribution in [-0.2, 0) is 11.2 Å². The quantitative estimate of drug-likeness (QED) is 0.316. The van der Waals surface area contributed by atoms with Crippen LogP contribution in [0.3, 0.4) is 0 Å². The van der Waals surface area contributed by atoms with E-state index in [4.69, 9.17) is 15.6 Å². The molecule has 1 aromatic heterocycles. The number of anilines is 2. The van der Waals surface area contributed by atoms with E-state index in [9.17, 15) is 14.4 Å². The highest BCUT2D eigenvalue weighted by atomic mass is 16.5. The molecule has 0 aliphatic rings. The van der Waals surface area contributed by atoms with E-state index >= 15 is 0 Å². The van der Waals surface area contributed by atoms with E-state index in [-0.39, 0.29) is 11.5 Å². The van der Waals surface area contributed by atoms with E-state index in [2.05, 4.69) is 27.5 Å². The number of nitrogens with one attached hydrogen (secondary N) is 3. The molecule has 0 radical (unpaired) electrons. The Morgan fingerprint density at radius 3 is 2.36 bits per heavy atom. The lowest BCUT2D eigenvalue weighted by Crippen LogP contribution is -2.22. The highest BCUT2D eigenvalue weighted by molar-refractivity contribution is 6.04. The van der Waals surface area contributed by atoms with Crippen molar-refractivity contribution in [2.75, 3.05) is 17.2 Å². The molecule has 0 saturated heterocycles. The number of carboxylic acid groups (broad SMARTS) is 1. The number of aromatic nitrogens is 2. The number of amides is 3. The van der Waals surface area contributed by atoms with E-state index < -0.39 is 24.5 Å². The lowest BCUT2D eigenvalue weighted by molar-refractivity contribution is -0.139. The molecule has 0 unspecified atom stereocenters. The molecule has 0 bridgehead atoms. The summed E-state index contributed by atoms with van der Waals surface area (Å²) in [6.45, 7) is 1.67. The van der Waals surface area contributed by atoms with Crippen molar-refractivity contribution in [1.29, 1.82) is 0 Å². The van der Waals surface area contributed by atoms with Gasteiger partial charge in [0.1, 0.15) is 17.3 Å². The highest BCUT2D eigenvalue weighted by Crippen LogP contribution is 2.24. The first-order chi connectivity index (χ1) is 15.9. The zero-order valence-corrected chi connectivity index (χ0v) is 18.1. The summed E-state index contributed by atoms with van der Waals surface area (Å²) < 4.78 is 5.09. The Morgan fingerprint density at radius 2 is 1.76 bits per heavy atom. The third kappa shape index (κ3) is 6.57. The molecule has 172 valence electrons. The van der Waals surface area contributed by atoms with Crippen LogP contribution in [0.4, 0.5) is 16.3 Å². The number of nitrogens with two attached hydrogens (primary N) is 1. The molecule has 33 heavy (non-hydrogen) atoms. The van der Waals surface area contributed by atoms with Gasteiger partial charge in [0, 0.05) is 11.3 Å². The van der Waals surface area contributed by atoms with Crippen molar-refractivity contribution >= 4 is 29.4 Å². The van der Waals surface area contributed by atoms with Crippen LogP contribution in [0.5, 0.6) is 5.75 Å². The summed E-state index contributed by atoms with van der Waals surface area (Å²) >= 11 is 0. The number of H-pyrrole nitrogens is 1. The molecule has 10 heteroatoms. The summed E-state index contributed by atoms with van der Waals surface area (Å²) in [7, 11) is 0. The molecule has 0 fully saturated rings. The van der Waals surface area contributed by atoms with Crippen LogP contribution in [0.25, 0.3) is 11.4 Å². The minimum absolute atomic E-state index is 0.0132. The molecule has 0 saturated carbocycles. The average molecular weight is 451 g/mol. The Labute approximate surface area is 190 Å². The third-order valence-corrected chi connectivity index (χ3v) is 4.70. The number of benzene rings is 2. The van der Waals surface area contributed by atoms with Crippen LogP contribution in [0.15, 0.2) is 48.5 Å². The van der Waals surface area contributed by atoms with Crippen LogP contribution in [0.2, 0.25) is 0 Å². The minimum Gasteiger partial charge on any atom is -0.482 e. The third-order valence-electron chi connectivity index (χ3n) is 4.70. The summed E-state index contributed by atoms with van der Waals surface area (Å²) in [6, 6.07) is 13.3. The summed E-state index contributed by atoms with van der Waals surface area (Å²) in [5.74, 6) is -1.23. The number of aryl methyl sites for hydroxylation is 1. The Bertz CT molecular complexity index is 1120. The van der Waals surface area contributed by atoms with Gasteiger partial charge in [-0.25, -0.2) is 14.6 Å². The fraction of sp³-hybridized carbons (Fsp3) is 0.217. The van der Waals surface area contributed by atoms with Crippen molar-refractivity contribution in [2.45, 2.75) is 26.2 Å². The molecule has 10 nitrogen and oxygen atoms in total. The number of hydrogen-bond acceptors (Lipinski definition) is 5. The standard InChI is InChI=1S/C23H25N5O5/c1-2-3-4-14-5-9-16(10-6-14)25-23(32)28-22-19(20(24)31)26-21(27-22)15-7-11-17(12-8-15)33-13-18(29)30/h5-12H,2-4,13H2,1H3,(H2,24,31)(H,26,27)(H,29,30)(H2,25,28,32). The molecule has 0 aliphatic heterocycles. The summed E-state index contributed by atoms with van der Waals surface area (Å²) in [5, 5.41) is 13.9. The number of carbonyl (C=O) groups is 3. The largest absolute Gasteiger partial charge is 0.482 e. The second-order valence-corrected chi connectivity index (χ2v) is 7.26. The second kappa shape index (κ2) is 10.8. The first kappa shape index (κ1) is 23.3. The summed E-state index contributed by atoms with van der Waals surface area (Å²) in [5.41, 5.74) is 7.74. The van der Waals surface area contributed by atoms with Crippen LogP contribution in [0.1, 0.15) is 35.8 Å². The molecular formula is C23H25N5O5. The molecule has 0 aliphatic carbocycles. The summed E-state index contributed by atoms with van der Waals surface area (Å²) in [4.78, 5) is 41.9. The number of nitrogens with zero attached hydrogens (tertiary/aromatic N) is 1. The Kier molecular flexibility index (Phi) is 7.64. The van der Waals surface area contributed by atoms with Crippen molar-refractivity contribution in [3.8, 4) is 17.1 Å². The highest BCUT2D eigenvalue weighted by Gasteiger charge is 2.18. The number of rotatable bonds is 10. The molecule has 1 heterocycles. The molecule has 3 aromatic rings. The number of carbonyl (C=O) groups excluding carboxylic acids is 2. The van der Waals surface area contributed by atoms with Gasteiger partial charge >= 0.3 is 12.0 Å². The van der Waals surface area contributed by atoms with Crippen LogP contribution < -0.4 is 21.1 Å². The lowest BCUT2D eigenvalue weighted by atomic mass is 10.1. The van der Waals surface area contributed by atoms with Crippen molar-refractivity contribution < 1.29 is 24.2 Å². The van der Waals surface area contributed by atoms with Gasteiger partial charge in [-0.05, 0) is 54.8 Å². The Morgan fingerprint density at radius 1 is 1.06 bits per heavy atom. The number of unbranched alkanes of at least 4 members (excludes halogenated alkanes) is 1. The minimum atomic E-state index is -1.09. The zero-order chi connectivity index (χ0) is 23.8. The van der Waals surface area contributed by atoms with Crippen molar-refractivity contribution in [2.24, 2.45) is 5.73 Å². The van der Waals surface area contributed by atoms with Crippen molar-refractivity contribution in [1.82, 2.24) is 9.97 Å². The molecular weight excluding hydrogens is 426 g/mol.